The fraction of sp³-hybridized carbons (Fsp3) is 0.476. The third kappa shape index (κ3) is 6.19. The minimum Gasteiger partial charge on any atom is -0.381 e. The predicted octanol–water partition coefficient (Wildman–Crippen LogP) is 7.77. The molecule has 3 fully saturated rings. The number of rotatable bonds is 10. The summed E-state index contributed by atoms with van der Waals surface area (Å²) in [5, 5.41) is 1.54. The van der Waals surface area contributed by atoms with E-state index in [-0.39, 0.29) is 40.0 Å². The Morgan fingerprint density at radius 1 is 0.944 bits per heavy atom. The summed E-state index contributed by atoms with van der Waals surface area (Å²) in [4.78, 5) is 48.2. The van der Waals surface area contributed by atoms with E-state index in [9.17, 15) is 9.59 Å². The number of ether oxygens (including phenoxy) is 2. The number of aromatic amines is 2. The highest BCUT2D eigenvalue weighted by atomic mass is 32.2. The molecular weight excluding hydrogens is 713 g/mol. The second-order valence-corrected chi connectivity index (χ2v) is 18.5. The maximum atomic E-state index is 13.7. The van der Waals surface area contributed by atoms with Gasteiger partial charge in [-0.1, -0.05) is 44.2 Å². The topological polar surface area (TPSA) is 116 Å². The summed E-state index contributed by atoms with van der Waals surface area (Å²) in [6.07, 6.45) is 5.37. The minimum atomic E-state index is -0.796. The molecule has 6 unspecified atom stereocenters. The van der Waals surface area contributed by atoms with Gasteiger partial charge < -0.3 is 29.2 Å². The summed E-state index contributed by atoms with van der Waals surface area (Å²) in [6.45, 7) is 11.2. The molecule has 8 rings (SSSR count). The van der Waals surface area contributed by atoms with E-state index in [0.29, 0.717) is 0 Å². The molecule has 12 heteroatoms. The number of nitrogens with zero attached hydrogens (tertiary/aromatic N) is 4. The Bertz CT molecular complexity index is 2250. The van der Waals surface area contributed by atoms with Crippen molar-refractivity contribution >= 4 is 55.6 Å². The highest BCUT2D eigenvalue weighted by Gasteiger charge is 2.65. The zero-order valence-electron chi connectivity index (χ0n) is 32.2. The van der Waals surface area contributed by atoms with E-state index in [0.717, 1.165) is 94.6 Å². The van der Waals surface area contributed by atoms with Gasteiger partial charge >= 0.3 is 0 Å². The van der Waals surface area contributed by atoms with Gasteiger partial charge in [-0.05, 0) is 92.6 Å². The number of fused-ring (bicyclic) bond motifs is 3. The molecule has 2 amide bonds. The maximum absolute atomic E-state index is 13.7. The van der Waals surface area contributed by atoms with Gasteiger partial charge in [0.15, 0.2) is 0 Å². The number of imidazole rings is 2. The van der Waals surface area contributed by atoms with Crippen LogP contribution < -0.4 is 0 Å². The van der Waals surface area contributed by atoms with Gasteiger partial charge in [0.1, 0.15) is 21.8 Å². The van der Waals surface area contributed by atoms with E-state index < -0.39 is 10.6 Å². The summed E-state index contributed by atoms with van der Waals surface area (Å²) in [5.41, 5.74) is 5.61. The van der Waals surface area contributed by atoms with Crippen molar-refractivity contribution in [2.24, 2.45) is 5.92 Å². The van der Waals surface area contributed by atoms with Gasteiger partial charge in [0.05, 0.1) is 51.6 Å². The lowest BCUT2D eigenvalue weighted by Crippen LogP contribution is -2.49. The van der Waals surface area contributed by atoms with E-state index in [1.165, 1.54) is 0 Å². The molecule has 0 bridgehead atoms. The zero-order valence-corrected chi connectivity index (χ0v) is 34.0. The highest BCUT2D eigenvalue weighted by Crippen LogP contribution is 2.67. The van der Waals surface area contributed by atoms with Crippen LogP contribution in [0.2, 0.25) is 5.04 Å². The van der Waals surface area contributed by atoms with Gasteiger partial charge in [-0.25, -0.2) is 9.97 Å². The number of amides is 2. The van der Waals surface area contributed by atoms with Gasteiger partial charge in [-0.3, -0.25) is 9.59 Å². The monoisotopic (exact) mass is 761 g/mol. The molecule has 54 heavy (non-hydrogen) atoms. The van der Waals surface area contributed by atoms with Gasteiger partial charge in [-0.2, -0.15) is 0 Å². The molecule has 0 spiro atoms. The number of piperidine rings is 1. The zero-order chi connectivity index (χ0) is 38.2. The van der Waals surface area contributed by atoms with Crippen molar-refractivity contribution in [2.45, 2.75) is 93.2 Å². The van der Waals surface area contributed by atoms with Crippen molar-refractivity contribution in [1.82, 2.24) is 29.7 Å². The van der Waals surface area contributed by atoms with Crippen molar-refractivity contribution in [3.8, 4) is 22.4 Å². The Morgan fingerprint density at radius 3 is 2.37 bits per heavy atom. The Morgan fingerprint density at radius 2 is 1.63 bits per heavy atom. The summed E-state index contributed by atoms with van der Waals surface area (Å²) in [6, 6.07) is 19.4. The number of hydrogen-bond acceptors (Lipinski definition) is 7. The standard InChI is InChI=1S/C42H49N6O4SSi/c1-24(40(3,4)52-7)36(49)47-18-8-10-34(47)35-43-23-33(44-35)30-14-13-26-20-27(11-12-28(26)21-30)29-15-16-31-32(22-29)46-37(45-31)42-17-9-19-48(39(42)53-42)38(50)41(5,54)25(2)51-6/h11-16,20-25,34,39H,8-10,17-19H2,1-7H3,(H,43,44)(H,45,46). The number of methoxy groups -OCH3 is 2. The fourth-order valence-electron chi connectivity index (χ4n) is 8.17. The minimum absolute atomic E-state index is 0.0568. The number of carbonyl (C=O) groups excluding carboxylic acids is 2. The lowest BCUT2D eigenvalue weighted by Gasteiger charge is -2.37. The highest BCUT2D eigenvalue weighted by molar-refractivity contribution is 8.08. The molecular formula is C42H49N6O4SSi. The molecule has 10 nitrogen and oxygen atoms in total. The van der Waals surface area contributed by atoms with E-state index in [1.807, 2.05) is 62.4 Å². The second kappa shape index (κ2) is 13.6. The Hall–Kier alpha value is -3.97. The average Bonchev–Trinajstić information content (AvgIpc) is 3.55. The molecule has 3 radical (unpaired) electrons. The smallest absolute Gasteiger partial charge is 0.228 e. The quantitative estimate of drug-likeness (QED) is 0.110. The van der Waals surface area contributed by atoms with Gasteiger partial charge in [0, 0.05) is 43.1 Å². The lowest BCUT2D eigenvalue weighted by molar-refractivity contribution is -0.145. The SMILES string of the molecule is COC(C)C(C)([Si])C(=O)N1CCCC2(c3nc4ccc(-c5ccc6cc(-c7cnc(C8CCCN8C(=O)C(C)C(C)(C)OC)[nH]7)ccc6c5)cc4[nH]3)SC12. The average molecular weight is 762 g/mol. The fourth-order valence-corrected chi connectivity index (χ4v) is 9.92. The van der Waals surface area contributed by atoms with Crippen molar-refractivity contribution in [3.05, 3.63) is 72.4 Å². The Labute approximate surface area is 324 Å². The number of thioether (sulfide) groups is 1. The number of hydrogen-bond donors (Lipinski definition) is 2. The number of carbonyl (C=O) groups is 2. The first-order valence-corrected chi connectivity index (χ1v) is 20.4. The molecule has 2 N–H and O–H groups in total. The van der Waals surface area contributed by atoms with E-state index in [4.69, 9.17) is 19.4 Å². The van der Waals surface area contributed by atoms with Crippen LogP contribution in [0.1, 0.15) is 78.0 Å². The third-order valence-electron chi connectivity index (χ3n) is 12.5. The first-order valence-electron chi connectivity index (χ1n) is 19.0. The molecule has 0 aliphatic carbocycles. The summed E-state index contributed by atoms with van der Waals surface area (Å²) in [7, 11) is 7.04. The third-order valence-corrected chi connectivity index (χ3v) is 14.8. The number of benzene rings is 3. The molecule has 3 saturated heterocycles. The van der Waals surface area contributed by atoms with E-state index in [1.54, 1.807) is 14.2 Å². The number of aromatic nitrogens is 4. The van der Waals surface area contributed by atoms with Crippen LogP contribution >= 0.6 is 11.8 Å². The van der Waals surface area contributed by atoms with Crippen LogP contribution in [0.5, 0.6) is 0 Å². The molecule has 5 aromatic rings. The molecule has 3 aromatic carbocycles. The van der Waals surface area contributed by atoms with Crippen LogP contribution in [0.15, 0.2) is 60.8 Å². The van der Waals surface area contributed by atoms with Crippen LogP contribution in [-0.4, -0.2) is 96.2 Å². The number of likely N-dealkylation sites (tertiary alicyclic amines) is 2. The summed E-state index contributed by atoms with van der Waals surface area (Å²) >= 11 is 1.82. The number of H-pyrrole nitrogens is 2. The molecule has 0 saturated carbocycles. The summed E-state index contributed by atoms with van der Waals surface area (Å²) in [5.74, 6) is 1.67. The van der Waals surface area contributed by atoms with Crippen LogP contribution in [0.4, 0.5) is 0 Å². The summed E-state index contributed by atoms with van der Waals surface area (Å²) < 4.78 is 10.9. The molecule has 3 aliphatic rings. The van der Waals surface area contributed by atoms with Crippen molar-refractivity contribution in [3.63, 3.8) is 0 Å². The Balaban J connectivity index is 0.993. The van der Waals surface area contributed by atoms with Gasteiger partial charge in [0.25, 0.3) is 0 Å². The molecule has 5 heterocycles. The van der Waals surface area contributed by atoms with Crippen molar-refractivity contribution in [1.29, 1.82) is 0 Å². The first-order chi connectivity index (χ1) is 25.8. The van der Waals surface area contributed by atoms with Crippen LogP contribution in [0.25, 0.3) is 44.2 Å². The molecule has 6 atom stereocenters. The second-order valence-electron chi connectivity index (χ2n) is 16.0. The molecule has 2 aromatic heterocycles. The molecule has 281 valence electrons. The van der Waals surface area contributed by atoms with Crippen LogP contribution in [0.3, 0.4) is 0 Å². The first kappa shape index (κ1) is 37.0. The van der Waals surface area contributed by atoms with Crippen molar-refractivity contribution < 1.29 is 19.1 Å². The van der Waals surface area contributed by atoms with Gasteiger partial charge in [0.2, 0.25) is 11.8 Å². The maximum Gasteiger partial charge on any atom is 0.228 e. The van der Waals surface area contributed by atoms with E-state index >= 15 is 0 Å². The number of nitrogens with one attached hydrogen (secondary N) is 2. The van der Waals surface area contributed by atoms with Crippen LogP contribution in [-0.2, 0) is 23.8 Å². The van der Waals surface area contributed by atoms with Gasteiger partial charge in [-0.15, -0.1) is 11.8 Å². The normalized spacial score (nSPS) is 23.7. The van der Waals surface area contributed by atoms with Crippen molar-refractivity contribution in [2.75, 3.05) is 27.3 Å². The molecule has 3 aliphatic heterocycles. The largest absolute Gasteiger partial charge is 0.381 e. The van der Waals surface area contributed by atoms with E-state index in [2.05, 4.69) is 74.8 Å². The van der Waals surface area contributed by atoms with Crippen LogP contribution in [0, 0.1) is 5.92 Å². The Kier molecular flexibility index (Phi) is 9.35. The predicted molar refractivity (Wildman–Crippen MR) is 215 cm³/mol. The lowest BCUT2D eigenvalue weighted by atomic mass is 9.91.